The number of unbranched alkanes of at least 4 members (excludes halogenated alkanes) is 1. The summed E-state index contributed by atoms with van der Waals surface area (Å²) in [5.41, 5.74) is 11.0. The molecule has 2 N–H and O–H groups in total. The van der Waals surface area contributed by atoms with E-state index < -0.39 is 0 Å². The Labute approximate surface area is 259 Å². The molecular formula is C35H42N4O5. The fraction of sp³-hybridized carbons (Fsp3) is 0.429. The Hall–Kier alpha value is -4.08. The van der Waals surface area contributed by atoms with Crippen molar-refractivity contribution in [3.63, 3.8) is 0 Å². The number of hydrogen-bond donors (Lipinski definition) is 1. The number of rotatable bonds is 12. The van der Waals surface area contributed by atoms with E-state index in [1.165, 1.54) is 0 Å². The molecule has 2 atom stereocenters. The fourth-order valence-corrected chi connectivity index (χ4v) is 6.77. The number of nitrogens with two attached hydrogens (primary N) is 1. The minimum absolute atomic E-state index is 0.0733. The van der Waals surface area contributed by atoms with Gasteiger partial charge in [0.15, 0.2) is 11.5 Å². The van der Waals surface area contributed by atoms with Gasteiger partial charge in [0.2, 0.25) is 24.4 Å². The highest BCUT2D eigenvalue weighted by Crippen LogP contribution is 2.45. The Bertz CT molecular complexity index is 1510. The first-order valence-electron chi connectivity index (χ1n) is 15.7. The van der Waals surface area contributed by atoms with Crippen LogP contribution in [0.5, 0.6) is 17.2 Å². The molecule has 0 spiro atoms. The summed E-state index contributed by atoms with van der Waals surface area (Å²) < 4.78 is 17.0. The number of nitrogens with zero attached hydrogens (tertiary/aromatic N) is 3. The molecule has 1 fully saturated rings. The largest absolute Gasteiger partial charge is 0.493 e. The van der Waals surface area contributed by atoms with Crippen molar-refractivity contribution in [3.8, 4) is 17.2 Å². The summed E-state index contributed by atoms with van der Waals surface area (Å²) in [6.45, 7) is 5.02. The van der Waals surface area contributed by atoms with Crippen molar-refractivity contribution in [2.24, 2.45) is 5.73 Å². The van der Waals surface area contributed by atoms with Crippen molar-refractivity contribution >= 4 is 23.2 Å². The number of ether oxygens (including phenoxy) is 3. The van der Waals surface area contributed by atoms with E-state index in [2.05, 4.69) is 11.8 Å². The zero-order valence-electron chi connectivity index (χ0n) is 25.7. The third-order valence-electron chi connectivity index (χ3n) is 9.12. The van der Waals surface area contributed by atoms with Gasteiger partial charge in [-0.1, -0.05) is 43.7 Å². The van der Waals surface area contributed by atoms with Crippen LogP contribution in [0.2, 0.25) is 0 Å². The monoisotopic (exact) mass is 598 g/mol. The molecule has 0 aromatic heterocycles. The number of hydrogen-bond acceptors (Lipinski definition) is 7. The van der Waals surface area contributed by atoms with Gasteiger partial charge in [-0.3, -0.25) is 14.5 Å². The molecule has 0 saturated carbocycles. The zero-order chi connectivity index (χ0) is 30.6. The van der Waals surface area contributed by atoms with E-state index in [4.69, 9.17) is 19.9 Å². The lowest BCUT2D eigenvalue weighted by Gasteiger charge is -2.30. The zero-order valence-corrected chi connectivity index (χ0v) is 25.7. The molecule has 9 heteroatoms. The first-order valence-corrected chi connectivity index (χ1v) is 15.7. The molecule has 1 saturated heterocycles. The maximum absolute atomic E-state index is 14.1. The van der Waals surface area contributed by atoms with Gasteiger partial charge in [0.25, 0.3) is 0 Å². The van der Waals surface area contributed by atoms with Crippen LogP contribution in [0.25, 0.3) is 0 Å². The van der Waals surface area contributed by atoms with Crippen LogP contribution in [-0.4, -0.2) is 62.8 Å². The Balaban J connectivity index is 1.25. The number of carbonyl (C=O) groups is 2. The lowest BCUT2D eigenvalue weighted by molar-refractivity contribution is -0.120. The maximum Gasteiger partial charge on any atom is 0.241 e. The summed E-state index contributed by atoms with van der Waals surface area (Å²) in [5.74, 6) is 2.36. The number of likely N-dealkylation sites (tertiary alicyclic amines) is 1. The van der Waals surface area contributed by atoms with Gasteiger partial charge < -0.3 is 29.7 Å². The minimum atomic E-state index is 0.0733. The number of para-hydroxylation sites is 1. The summed E-state index contributed by atoms with van der Waals surface area (Å²) in [7, 11) is 1.64. The number of carbonyl (C=O) groups excluding carboxylic acids is 2. The summed E-state index contributed by atoms with van der Waals surface area (Å²) >= 11 is 0. The molecule has 9 nitrogen and oxygen atoms in total. The summed E-state index contributed by atoms with van der Waals surface area (Å²) in [4.78, 5) is 33.2. The molecule has 232 valence electrons. The normalized spacial score (nSPS) is 19.0. The second-order valence-electron chi connectivity index (χ2n) is 11.9. The van der Waals surface area contributed by atoms with Crippen molar-refractivity contribution in [2.75, 3.05) is 49.9 Å². The molecule has 3 aliphatic heterocycles. The summed E-state index contributed by atoms with van der Waals surface area (Å²) in [5, 5.41) is 0. The fourth-order valence-electron chi connectivity index (χ4n) is 6.77. The topological polar surface area (TPSA) is 97.6 Å². The van der Waals surface area contributed by atoms with Crippen LogP contribution in [0.1, 0.15) is 55.2 Å². The van der Waals surface area contributed by atoms with E-state index in [0.717, 1.165) is 53.7 Å². The third-order valence-corrected chi connectivity index (χ3v) is 9.12. The first kappa shape index (κ1) is 30.0. The van der Waals surface area contributed by atoms with E-state index in [-0.39, 0.29) is 30.6 Å². The highest BCUT2D eigenvalue weighted by Gasteiger charge is 2.37. The number of anilines is 2. The molecule has 44 heavy (non-hydrogen) atoms. The van der Waals surface area contributed by atoms with Crippen molar-refractivity contribution in [1.29, 1.82) is 0 Å². The van der Waals surface area contributed by atoms with Crippen molar-refractivity contribution < 1.29 is 23.8 Å². The average Bonchev–Trinajstić information content (AvgIpc) is 3.76. The molecular weight excluding hydrogens is 556 g/mol. The SMILES string of the molecule is CCCCN(C(=O)CN1C[C@H](c2cc(OC)c3c(c2)OCO3)C[C@@H]1CCN1C(=O)Cc2ccccc21)c1cccc(CN)c1. The van der Waals surface area contributed by atoms with E-state index in [1.807, 2.05) is 70.5 Å². The van der Waals surface area contributed by atoms with Crippen LogP contribution in [0.3, 0.4) is 0 Å². The van der Waals surface area contributed by atoms with E-state index in [1.54, 1.807) is 7.11 Å². The molecule has 3 aliphatic rings. The number of benzene rings is 3. The average molecular weight is 599 g/mol. The molecule has 0 aliphatic carbocycles. The van der Waals surface area contributed by atoms with Gasteiger partial charge >= 0.3 is 0 Å². The summed E-state index contributed by atoms with van der Waals surface area (Å²) in [6.07, 6.45) is 3.97. The Kier molecular flexibility index (Phi) is 9.04. The van der Waals surface area contributed by atoms with E-state index in [0.29, 0.717) is 56.4 Å². The Morgan fingerprint density at radius 3 is 2.80 bits per heavy atom. The van der Waals surface area contributed by atoms with Gasteiger partial charge in [-0.05, 0) is 72.2 Å². The van der Waals surface area contributed by atoms with Gasteiger partial charge in [0, 0.05) is 43.6 Å². The van der Waals surface area contributed by atoms with Crippen LogP contribution in [0.4, 0.5) is 11.4 Å². The molecule has 3 aromatic rings. The highest BCUT2D eigenvalue weighted by atomic mass is 16.7. The van der Waals surface area contributed by atoms with Gasteiger partial charge in [0.1, 0.15) is 0 Å². The summed E-state index contributed by atoms with van der Waals surface area (Å²) in [6, 6.07) is 20.2. The molecule has 0 bridgehead atoms. The third kappa shape index (κ3) is 6.12. The number of fused-ring (bicyclic) bond motifs is 2. The van der Waals surface area contributed by atoms with Crippen molar-refractivity contribution in [1.82, 2.24) is 4.90 Å². The van der Waals surface area contributed by atoms with Gasteiger partial charge in [-0.2, -0.15) is 0 Å². The van der Waals surface area contributed by atoms with Gasteiger partial charge in [-0.15, -0.1) is 0 Å². The Morgan fingerprint density at radius 2 is 1.98 bits per heavy atom. The van der Waals surface area contributed by atoms with Crippen LogP contribution in [0, 0.1) is 0 Å². The van der Waals surface area contributed by atoms with E-state index >= 15 is 0 Å². The lowest BCUT2D eigenvalue weighted by atomic mass is 9.94. The minimum Gasteiger partial charge on any atom is -0.493 e. The van der Waals surface area contributed by atoms with Crippen molar-refractivity contribution in [2.45, 2.75) is 57.5 Å². The second-order valence-corrected chi connectivity index (χ2v) is 11.9. The molecule has 6 rings (SSSR count). The molecule has 0 radical (unpaired) electrons. The number of amides is 2. The van der Waals surface area contributed by atoms with Crippen LogP contribution < -0.4 is 29.7 Å². The van der Waals surface area contributed by atoms with E-state index in [9.17, 15) is 9.59 Å². The standard InChI is InChI=1S/C35H42N4O5/c1-3-4-13-38(29-10-7-8-24(15-29)20-36)34(41)22-37-21-27(26-17-31(42-2)35-32(18-26)43-23-44-35)16-28(37)12-14-39-30-11-6-5-9-25(30)19-33(39)40/h5-11,15,17-18,27-28H,3-4,12-14,16,19-23,36H2,1-2H3/t27-,28+/m1/s1. The van der Waals surface area contributed by atoms with Crippen LogP contribution >= 0.6 is 0 Å². The molecule has 2 amide bonds. The molecule has 3 heterocycles. The first-order chi connectivity index (χ1) is 21.5. The van der Waals surface area contributed by atoms with Gasteiger partial charge in [0.05, 0.1) is 20.1 Å². The lowest BCUT2D eigenvalue weighted by Crippen LogP contribution is -2.44. The maximum atomic E-state index is 14.1. The predicted octanol–water partition coefficient (Wildman–Crippen LogP) is 4.85. The van der Waals surface area contributed by atoms with Gasteiger partial charge in [-0.25, -0.2) is 0 Å². The quantitative estimate of drug-likeness (QED) is 0.318. The predicted molar refractivity (Wildman–Crippen MR) is 171 cm³/mol. The number of methoxy groups -OCH3 is 1. The van der Waals surface area contributed by atoms with Crippen molar-refractivity contribution in [3.05, 3.63) is 77.4 Å². The molecule has 0 unspecified atom stereocenters. The second kappa shape index (κ2) is 13.3. The Morgan fingerprint density at radius 1 is 1.11 bits per heavy atom. The smallest absolute Gasteiger partial charge is 0.241 e. The highest BCUT2D eigenvalue weighted by molar-refractivity contribution is 6.01. The van der Waals surface area contributed by atoms with Crippen LogP contribution in [-0.2, 0) is 22.6 Å². The van der Waals surface area contributed by atoms with Crippen LogP contribution in [0.15, 0.2) is 60.7 Å². The molecule has 3 aromatic carbocycles.